The molecule has 0 spiro atoms. The molecule has 0 fully saturated rings. The minimum absolute atomic E-state index is 0. The number of hydrogen-bond acceptors (Lipinski definition) is 2. The van der Waals surface area contributed by atoms with Gasteiger partial charge in [0.25, 0.3) is 0 Å². The molecule has 0 atom stereocenters. The average molecular weight is 150 g/mol. The number of carboxylic acids is 1. The van der Waals surface area contributed by atoms with Crippen molar-refractivity contribution in [2.75, 3.05) is 0 Å². The molecule has 0 aromatic rings. The van der Waals surface area contributed by atoms with Gasteiger partial charge in [-0.15, -0.1) is 0 Å². The summed E-state index contributed by atoms with van der Waals surface area (Å²) in [6.45, 7) is 9.04. The van der Waals surface area contributed by atoms with Crippen LogP contribution in [0.2, 0.25) is 0 Å². The van der Waals surface area contributed by atoms with Gasteiger partial charge in [0.2, 0.25) is 0 Å². The zero-order valence-electron chi connectivity index (χ0n) is 8.32. The summed E-state index contributed by atoms with van der Waals surface area (Å²) in [5, 5.41) is 10.6. The normalized spacial score (nSPS) is 12.1. The van der Waals surface area contributed by atoms with Crippen LogP contribution in [-0.2, 0) is 4.79 Å². The third kappa shape index (κ3) is 2.89. The largest absolute Gasteiger partial charge is 1.00 e. The van der Waals surface area contributed by atoms with E-state index in [1.165, 1.54) is 0 Å². The van der Waals surface area contributed by atoms with E-state index in [0.29, 0.717) is 0 Å². The molecule has 60 valence electrons. The maximum atomic E-state index is 10.6. The Hall–Kier alpha value is 0.0674. The van der Waals surface area contributed by atoms with Crippen LogP contribution in [-0.4, -0.2) is 5.97 Å². The van der Waals surface area contributed by atoms with Crippen LogP contribution in [0.5, 0.6) is 0 Å². The van der Waals surface area contributed by atoms with E-state index in [4.69, 9.17) is 0 Å². The Kier molecular flexibility index (Phi) is 4.52. The fourth-order valence-electron chi connectivity index (χ4n) is 0.306. The Morgan fingerprint density at radius 2 is 1.36 bits per heavy atom. The topological polar surface area (TPSA) is 40.1 Å². The number of rotatable bonds is 1. The molecular formula is C8H15LiO2. The van der Waals surface area contributed by atoms with E-state index in [0.717, 1.165) is 0 Å². The van der Waals surface area contributed by atoms with Crippen molar-refractivity contribution >= 4 is 5.97 Å². The second kappa shape index (κ2) is 3.65. The maximum absolute atomic E-state index is 10.6. The number of hydrogen-bond donors (Lipinski definition) is 0. The molecule has 2 nitrogen and oxygen atoms in total. The minimum atomic E-state index is -0.986. The monoisotopic (exact) mass is 150 g/mol. The Morgan fingerprint density at radius 1 is 1.09 bits per heavy atom. The molecule has 0 bridgehead atoms. The minimum Gasteiger partial charge on any atom is -0.550 e. The SMILES string of the molecule is CC(C)(C)C(C)(C)C(=O)[O-].[Li+]. The molecular weight excluding hydrogens is 135 g/mol. The van der Waals surface area contributed by atoms with Crippen molar-refractivity contribution in [3.8, 4) is 0 Å². The van der Waals surface area contributed by atoms with Crippen molar-refractivity contribution in [1.29, 1.82) is 0 Å². The van der Waals surface area contributed by atoms with Crippen LogP contribution in [0.15, 0.2) is 0 Å². The number of carboxylic acid groups (broad SMARTS) is 1. The fraction of sp³-hybridized carbons (Fsp3) is 0.875. The van der Waals surface area contributed by atoms with Gasteiger partial charge < -0.3 is 9.90 Å². The molecule has 0 N–H and O–H groups in total. The van der Waals surface area contributed by atoms with Gasteiger partial charge >= 0.3 is 18.9 Å². The van der Waals surface area contributed by atoms with Gasteiger partial charge in [0.15, 0.2) is 0 Å². The van der Waals surface area contributed by atoms with Gasteiger partial charge in [0.1, 0.15) is 0 Å². The van der Waals surface area contributed by atoms with E-state index < -0.39 is 11.4 Å². The summed E-state index contributed by atoms with van der Waals surface area (Å²) >= 11 is 0. The van der Waals surface area contributed by atoms with Crippen molar-refractivity contribution in [2.45, 2.75) is 34.6 Å². The van der Waals surface area contributed by atoms with Gasteiger partial charge in [-0.3, -0.25) is 0 Å². The molecule has 0 aromatic carbocycles. The van der Waals surface area contributed by atoms with Gasteiger partial charge in [-0.2, -0.15) is 0 Å². The Morgan fingerprint density at radius 3 is 1.36 bits per heavy atom. The van der Waals surface area contributed by atoms with Gasteiger partial charge in [0, 0.05) is 11.4 Å². The Labute approximate surface area is 80.5 Å². The van der Waals surface area contributed by atoms with Crippen molar-refractivity contribution in [3.05, 3.63) is 0 Å². The summed E-state index contributed by atoms with van der Waals surface area (Å²) < 4.78 is 0. The van der Waals surface area contributed by atoms with E-state index in [2.05, 4.69) is 0 Å². The molecule has 0 aliphatic heterocycles. The second-order valence-electron chi connectivity index (χ2n) is 4.16. The summed E-state index contributed by atoms with van der Waals surface area (Å²) in [5.41, 5.74) is -1.00. The molecule has 0 rings (SSSR count). The summed E-state index contributed by atoms with van der Waals surface area (Å²) in [4.78, 5) is 10.6. The van der Waals surface area contributed by atoms with E-state index in [1.807, 2.05) is 20.8 Å². The van der Waals surface area contributed by atoms with Gasteiger partial charge in [0.05, 0.1) is 0 Å². The predicted octanol–water partition coefficient (Wildman–Crippen LogP) is -2.19. The first-order valence-corrected chi connectivity index (χ1v) is 3.41. The number of aliphatic carboxylic acids is 1. The van der Waals surface area contributed by atoms with E-state index >= 15 is 0 Å². The maximum Gasteiger partial charge on any atom is 1.00 e. The van der Waals surface area contributed by atoms with Crippen molar-refractivity contribution < 1.29 is 28.8 Å². The van der Waals surface area contributed by atoms with Crippen LogP contribution in [0.1, 0.15) is 34.6 Å². The molecule has 3 heteroatoms. The molecule has 0 aliphatic carbocycles. The second-order valence-corrected chi connectivity index (χ2v) is 4.16. The first kappa shape index (κ1) is 13.6. The van der Waals surface area contributed by atoms with Crippen LogP contribution in [0.3, 0.4) is 0 Å². The number of carbonyl (C=O) groups excluding carboxylic acids is 1. The molecule has 0 unspecified atom stereocenters. The quantitative estimate of drug-likeness (QED) is 0.398. The summed E-state index contributed by atoms with van der Waals surface area (Å²) in [6.07, 6.45) is 0. The van der Waals surface area contributed by atoms with Gasteiger partial charge in [-0.05, 0) is 5.41 Å². The average Bonchev–Trinajstić information content (AvgIpc) is 1.62. The molecule has 11 heavy (non-hydrogen) atoms. The summed E-state index contributed by atoms with van der Waals surface area (Å²) in [6, 6.07) is 0. The summed E-state index contributed by atoms with van der Waals surface area (Å²) in [7, 11) is 0. The third-order valence-corrected chi connectivity index (χ3v) is 2.39. The Bertz CT molecular complexity index is 145. The van der Waals surface area contributed by atoms with Crippen molar-refractivity contribution in [3.63, 3.8) is 0 Å². The molecule has 0 saturated carbocycles. The van der Waals surface area contributed by atoms with Crippen LogP contribution >= 0.6 is 0 Å². The van der Waals surface area contributed by atoms with Gasteiger partial charge in [-0.25, -0.2) is 0 Å². The van der Waals surface area contributed by atoms with E-state index in [9.17, 15) is 9.90 Å². The zero-order chi connectivity index (χ0) is 8.58. The first-order chi connectivity index (χ1) is 4.19. The molecule has 0 aromatic heterocycles. The van der Waals surface area contributed by atoms with Crippen LogP contribution in [0.25, 0.3) is 0 Å². The molecule has 0 saturated heterocycles. The first-order valence-electron chi connectivity index (χ1n) is 3.41. The standard InChI is InChI=1S/C8H16O2.Li/c1-7(2,3)8(4,5)6(9)10;/h1-5H3,(H,9,10);/q;+1/p-1. The smallest absolute Gasteiger partial charge is 0.550 e. The van der Waals surface area contributed by atoms with Crippen LogP contribution < -0.4 is 24.0 Å². The van der Waals surface area contributed by atoms with Gasteiger partial charge in [-0.1, -0.05) is 34.6 Å². The zero-order valence-corrected chi connectivity index (χ0v) is 8.32. The molecule has 0 radical (unpaired) electrons. The predicted molar refractivity (Wildman–Crippen MR) is 38.2 cm³/mol. The molecule has 0 amide bonds. The van der Waals surface area contributed by atoms with Crippen LogP contribution in [0, 0.1) is 10.8 Å². The third-order valence-electron chi connectivity index (χ3n) is 2.39. The van der Waals surface area contributed by atoms with E-state index in [-0.39, 0.29) is 24.3 Å². The van der Waals surface area contributed by atoms with Crippen molar-refractivity contribution in [1.82, 2.24) is 0 Å². The fourth-order valence-corrected chi connectivity index (χ4v) is 0.306. The Balaban J connectivity index is 0. The van der Waals surface area contributed by atoms with E-state index in [1.54, 1.807) is 13.8 Å². The van der Waals surface area contributed by atoms with Crippen molar-refractivity contribution in [2.24, 2.45) is 10.8 Å². The van der Waals surface area contributed by atoms with Crippen LogP contribution in [0.4, 0.5) is 0 Å². The molecule has 0 aliphatic rings. The molecule has 0 heterocycles. The number of carbonyl (C=O) groups is 1. The summed E-state index contributed by atoms with van der Waals surface area (Å²) in [5.74, 6) is -0.986.